The summed E-state index contributed by atoms with van der Waals surface area (Å²) in [6.45, 7) is 11.9. The van der Waals surface area contributed by atoms with E-state index in [0.29, 0.717) is 23.3 Å². The number of fused-ring (bicyclic) bond motifs is 1. The number of hydrogen-bond donors (Lipinski definition) is 1. The van der Waals surface area contributed by atoms with Crippen LogP contribution in [-0.4, -0.2) is 27.5 Å². The van der Waals surface area contributed by atoms with Crippen molar-refractivity contribution in [1.29, 1.82) is 5.26 Å². The van der Waals surface area contributed by atoms with Gasteiger partial charge in [0.1, 0.15) is 11.2 Å². The Morgan fingerprint density at radius 2 is 1.94 bits per heavy atom. The molecule has 164 valence electrons. The molecule has 0 unspecified atom stereocenters. The van der Waals surface area contributed by atoms with Gasteiger partial charge in [0.05, 0.1) is 17.2 Å². The molecule has 2 aromatic heterocycles. The summed E-state index contributed by atoms with van der Waals surface area (Å²) >= 11 is 0. The minimum atomic E-state index is -0.318. The summed E-state index contributed by atoms with van der Waals surface area (Å²) in [4.78, 5) is 26.3. The first-order valence-electron chi connectivity index (χ1n) is 9.99. The van der Waals surface area contributed by atoms with Crippen molar-refractivity contribution in [3.63, 3.8) is 0 Å². The molecular formula is C24H30N4O3. The fourth-order valence-corrected chi connectivity index (χ4v) is 2.59. The average Bonchev–Trinajstić information content (AvgIpc) is 3.02. The first-order valence-corrected chi connectivity index (χ1v) is 9.99. The Kier molecular flexibility index (Phi) is 9.42. The third-order valence-corrected chi connectivity index (χ3v) is 3.93. The number of hydrogen-bond acceptors (Lipinski definition) is 5. The van der Waals surface area contributed by atoms with Gasteiger partial charge in [0.25, 0.3) is 12.4 Å². The van der Waals surface area contributed by atoms with Crippen molar-refractivity contribution in [2.75, 3.05) is 5.32 Å². The van der Waals surface area contributed by atoms with E-state index >= 15 is 0 Å². The van der Waals surface area contributed by atoms with Crippen LogP contribution in [-0.2, 0) is 16.6 Å². The van der Waals surface area contributed by atoms with Crippen LogP contribution in [0.4, 0.5) is 5.69 Å². The summed E-state index contributed by atoms with van der Waals surface area (Å²) in [7, 11) is 1.93. The molecule has 7 nitrogen and oxygen atoms in total. The van der Waals surface area contributed by atoms with Crippen molar-refractivity contribution in [2.24, 2.45) is 7.05 Å². The zero-order chi connectivity index (χ0) is 23.6. The Morgan fingerprint density at radius 3 is 2.48 bits per heavy atom. The first kappa shape index (κ1) is 25.4. The molecule has 3 aromatic rings. The number of pyridine rings is 1. The molecule has 2 heterocycles. The van der Waals surface area contributed by atoms with Crippen molar-refractivity contribution < 1.29 is 14.3 Å². The number of carbonyl (C=O) groups excluding carboxylic acids is 2. The topological polar surface area (TPSA) is 97.0 Å². The molecule has 1 N–H and O–H groups in total. The Balaban J connectivity index is 0.000000457. The predicted molar refractivity (Wildman–Crippen MR) is 123 cm³/mol. The van der Waals surface area contributed by atoms with Gasteiger partial charge in [0.15, 0.2) is 0 Å². The van der Waals surface area contributed by atoms with Gasteiger partial charge < -0.3 is 14.6 Å². The fourth-order valence-electron chi connectivity index (χ4n) is 2.59. The van der Waals surface area contributed by atoms with E-state index < -0.39 is 0 Å². The smallest absolute Gasteiger partial charge is 0.293 e. The molecule has 1 aromatic carbocycles. The first-order chi connectivity index (χ1) is 14.6. The maximum absolute atomic E-state index is 12.3. The highest BCUT2D eigenvalue weighted by molar-refractivity contribution is 6.06. The number of amides is 1. The SMILES string of the molecule is CC.CC(C)(C)OC=O.Cc1cn(C)c2ncc(C(=O)Nc3cccc(C#N)c3)cc12. The number of rotatable bonds is 3. The third kappa shape index (κ3) is 7.59. The van der Waals surface area contributed by atoms with E-state index in [2.05, 4.69) is 15.0 Å². The maximum atomic E-state index is 12.3. The molecule has 1 amide bonds. The number of anilines is 1. The van der Waals surface area contributed by atoms with Crippen molar-refractivity contribution >= 4 is 29.1 Å². The van der Waals surface area contributed by atoms with E-state index in [0.717, 1.165) is 16.6 Å². The zero-order valence-corrected chi connectivity index (χ0v) is 19.2. The molecule has 0 aliphatic rings. The van der Waals surface area contributed by atoms with E-state index in [1.807, 2.05) is 71.5 Å². The molecule has 0 fully saturated rings. The van der Waals surface area contributed by atoms with Crippen LogP contribution in [0.2, 0.25) is 0 Å². The summed E-state index contributed by atoms with van der Waals surface area (Å²) in [5.41, 5.74) is 3.19. The molecular weight excluding hydrogens is 392 g/mol. The van der Waals surface area contributed by atoms with Gasteiger partial charge in [-0.3, -0.25) is 9.59 Å². The summed E-state index contributed by atoms with van der Waals surface area (Å²) < 4.78 is 6.48. The monoisotopic (exact) mass is 422 g/mol. The van der Waals surface area contributed by atoms with Gasteiger partial charge >= 0.3 is 0 Å². The molecule has 0 aliphatic carbocycles. The van der Waals surface area contributed by atoms with Gasteiger partial charge in [0, 0.05) is 30.5 Å². The summed E-state index contributed by atoms with van der Waals surface area (Å²) in [5, 5.41) is 12.6. The predicted octanol–water partition coefficient (Wildman–Crippen LogP) is 4.99. The van der Waals surface area contributed by atoms with Crippen LogP contribution in [0, 0.1) is 18.3 Å². The lowest BCUT2D eigenvalue weighted by atomic mass is 10.1. The van der Waals surface area contributed by atoms with E-state index in [4.69, 9.17) is 5.26 Å². The second-order valence-electron chi connectivity index (χ2n) is 7.49. The van der Waals surface area contributed by atoms with Crippen molar-refractivity contribution in [3.05, 3.63) is 59.4 Å². The quantitative estimate of drug-likeness (QED) is 0.600. The maximum Gasteiger partial charge on any atom is 0.293 e. The number of aryl methyl sites for hydroxylation is 2. The average molecular weight is 423 g/mol. The number of aromatic nitrogens is 2. The van der Waals surface area contributed by atoms with Gasteiger partial charge in [-0.15, -0.1) is 0 Å². The van der Waals surface area contributed by atoms with Crippen LogP contribution in [0.25, 0.3) is 11.0 Å². The summed E-state index contributed by atoms with van der Waals surface area (Å²) in [6, 6.07) is 10.7. The molecule has 0 atom stereocenters. The number of carbonyl (C=O) groups is 2. The number of ether oxygens (including phenoxy) is 1. The van der Waals surface area contributed by atoms with E-state index in [1.165, 1.54) is 0 Å². The van der Waals surface area contributed by atoms with Crippen molar-refractivity contribution in [3.8, 4) is 6.07 Å². The lowest BCUT2D eigenvalue weighted by molar-refractivity contribution is -0.138. The number of nitriles is 1. The highest BCUT2D eigenvalue weighted by Gasteiger charge is 2.11. The second-order valence-corrected chi connectivity index (χ2v) is 7.49. The largest absolute Gasteiger partial charge is 0.462 e. The van der Waals surface area contributed by atoms with Gasteiger partial charge in [0.2, 0.25) is 0 Å². The highest BCUT2D eigenvalue weighted by atomic mass is 16.5. The molecule has 3 rings (SSSR count). The van der Waals surface area contributed by atoms with Crippen LogP contribution >= 0.6 is 0 Å². The Labute approximate surface area is 183 Å². The van der Waals surface area contributed by atoms with Crippen LogP contribution in [0.5, 0.6) is 0 Å². The molecule has 31 heavy (non-hydrogen) atoms. The second kappa shape index (κ2) is 11.5. The van der Waals surface area contributed by atoms with Crippen LogP contribution in [0.1, 0.15) is 56.1 Å². The molecule has 0 saturated carbocycles. The van der Waals surface area contributed by atoms with Gasteiger partial charge in [-0.05, 0) is 57.5 Å². The zero-order valence-electron chi connectivity index (χ0n) is 19.2. The molecule has 0 radical (unpaired) electrons. The summed E-state index contributed by atoms with van der Waals surface area (Å²) in [6.07, 6.45) is 3.54. The van der Waals surface area contributed by atoms with E-state index in [-0.39, 0.29) is 11.5 Å². The highest BCUT2D eigenvalue weighted by Crippen LogP contribution is 2.20. The standard InChI is InChI=1S/C17H14N4O.C5H10O2.C2H6/c1-11-10-21(2)16-15(11)7-13(9-19-16)17(22)20-14-5-3-4-12(6-14)8-18;1-5(2,3)7-4-6;1-2/h3-7,9-10H,1-2H3,(H,20,22);4H,1-3H3;1-2H3. The minimum Gasteiger partial charge on any atom is -0.462 e. The lowest BCUT2D eigenvalue weighted by Gasteiger charge is -2.14. The van der Waals surface area contributed by atoms with Gasteiger partial charge in [-0.2, -0.15) is 5.26 Å². The minimum absolute atomic E-state index is 0.243. The fraction of sp³-hybridized carbons (Fsp3) is 0.333. The van der Waals surface area contributed by atoms with Crippen LogP contribution < -0.4 is 5.32 Å². The van der Waals surface area contributed by atoms with Crippen LogP contribution in [0.15, 0.2) is 42.7 Å². The Bertz CT molecular complexity index is 1070. The Morgan fingerprint density at radius 1 is 1.26 bits per heavy atom. The van der Waals surface area contributed by atoms with Crippen LogP contribution in [0.3, 0.4) is 0 Å². The normalized spacial score (nSPS) is 10.0. The summed E-state index contributed by atoms with van der Waals surface area (Å²) in [5.74, 6) is -0.243. The van der Waals surface area contributed by atoms with Crippen molar-refractivity contribution in [2.45, 2.75) is 47.1 Å². The van der Waals surface area contributed by atoms with E-state index in [9.17, 15) is 9.59 Å². The number of benzene rings is 1. The number of nitrogens with zero attached hydrogens (tertiary/aromatic N) is 3. The van der Waals surface area contributed by atoms with Gasteiger partial charge in [-0.25, -0.2) is 4.98 Å². The number of nitrogens with one attached hydrogen (secondary N) is 1. The Hall–Kier alpha value is -3.66. The molecule has 0 bridgehead atoms. The molecule has 0 aliphatic heterocycles. The van der Waals surface area contributed by atoms with Crippen molar-refractivity contribution in [1.82, 2.24) is 9.55 Å². The van der Waals surface area contributed by atoms with Gasteiger partial charge in [-0.1, -0.05) is 19.9 Å². The van der Waals surface area contributed by atoms with E-state index in [1.54, 1.807) is 30.5 Å². The third-order valence-electron chi connectivity index (χ3n) is 3.93. The molecule has 0 spiro atoms. The molecule has 7 heteroatoms. The lowest BCUT2D eigenvalue weighted by Crippen LogP contribution is -2.17. The molecule has 0 saturated heterocycles.